The van der Waals surface area contributed by atoms with Crippen molar-refractivity contribution in [3.05, 3.63) is 10.1 Å². The minimum absolute atomic E-state index is 0.0215. The van der Waals surface area contributed by atoms with E-state index < -0.39 is 0 Å². The maximum atomic E-state index is 11.0. The van der Waals surface area contributed by atoms with Gasteiger partial charge in [-0.05, 0) is 49.5 Å². The van der Waals surface area contributed by atoms with Gasteiger partial charge in [-0.15, -0.1) is 0 Å². The molecule has 2 aliphatic heterocycles. The summed E-state index contributed by atoms with van der Waals surface area (Å²) in [7, 11) is 0. The maximum Gasteiger partial charge on any atom is 0.213 e. The van der Waals surface area contributed by atoms with Crippen molar-refractivity contribution in [3.63, 3.8) is 0 Å². The highest BCUT2D eigenvalue weighted by molar-refractivity contribution is 4.96. The SMILES string of the molecule is CCN1CC2CCC(C1)C1CC([N+](=O)[O-])CCC21. The number of hydrogen-bond donors (Lipinski definition) is 0. The quantitative estimate of drug-likeness (QED) is 0.560. The highest BCUT2D eigenvalue weighted by atomic mass is 16.6. The summed E-state index contributed by atoms with van der Waals surface area (Å²) in [6.45, 7) is 5.83. The van der Waals surface area contributed by atoms with E-state index >= 15 is 0 Å². The Kier molecular flexibility index (Phi) is 3.31. The van der Waals surface area contributed by atoms with E-state index in [2.05, 4.69) is 11.8 Å². The van der Waals surface area contributed by atoms with Crippen LogP contribution in [0, 0.1) is 33.8 Å². The molecule has 0 aromatic heterocycles. The Labute approximate surface area is 109 Å². The summed E-state index contributed by atoms with van der Waals surface area (Å²) in [5.74, 6) is 2.99. The van der Waals surface area contributed by atoms with Crippen LogP contribution in [-0.4, -0.2) is 35.5 Å². The van der Waals surface area contributed by atoms with Crippen LogP contribution in [0.15, 0.2) is 0 Å². The largest absolute Gasteiger partial charge is 0.303 e. The predicted molar refractivity (Wildman–Crippen MR) is 69.9 cm³/mol. The van der Waals surface area contributed by atoms with E-state index in [1.54, 1.807) is 0 Å². The van der Waals surface area contributed by atoms with Crippen LogP contribution in [0.2, 0.25) is 0 Å². The molecule has 0 aromatic carbocycles. The van der Waals surface area contributed by atoms with Gasteiger partial charge in [0.15, 0.2) is 0 Å². The van der Waals surface area contributed by atoms with Gasteiger partial charge in [0.25, 0.3) is 0 Å². The number of fused-ring (bicyclic) bond motifs is 3. The second-order valence-corrected chi connectivity index (χ2v) is 6.53. The Morgan fingerprint density at radius 3 is 2.39 bits per heavy atom. The van der Waals surface area contributed by atoms with Gasteiger partial charge in [-0.25, -0.2) is 0 Å². The van der Waals surface area contributed by atoms with Crippen LogP contribution in [0.4, 0.5) is 0 Å². The second kappa shape index (κ2) is 4.80. The molecule has 2 aliphatic carbocycles. The number of rotatable bonds is 2. The summed E-state index contributed by atoms with van der Waals surface area (Å²) in [5, 5.41) is 11.0. The van der Waals surface area contributed by atoms with E-state index in [0.29, 0.717) is 5.92 Å². The lowest BCUT2D eigenvalue weighted by molar-refractivity contribution is -0.529. The molecule has 2 heterocycles. The first-order valence-electron chi connectivity index (χ1n) is 7.55. The number of nitrogens with zero attached hydrogens (tertiary/aromatic N) is 2. The van der Waals surface area contributed by atoms with E-state index in [1.807, 2.05) is 0 Å². The van der Waals surface area contributed by atoms with Crippen molar-refractivity contribution < 1.29 is 4.92 Å². The molecule has 2 saturated carbocycles. The summed E-state index contributed by atoms with van der Waals surface area (Å²) in [6.07, 6.45) is 5.47. The summed E-state index contributed by atoms with van der Waals surface area (Å²) < 4.78 is 0. The van der Waals surface area contributed by atoms with Gasteiger partial charge in [-0.3, -0.25) is 10.1 Å². The van der Waals surface area contributed by atoms with Gasteiger partial charge < -0.3 is 4.90 Å². The van der Waals surface area contributed by atoms with Gasteiger partial charge in [-0.1, -0.05) is 6.92 Å². The van der Waals surface area contributed by atoms with Crippen LogP contribution < -0.4 is 0 Å². The Hall–Kier alpha value is -0.640. The van der Waals surface area contributed by atoms with Crippen molar-refractivity contribution in [2.24, 2.45) is 23.7 Å². The molecule has 0 spiro atoms. The third kappa shape index (κ3) is 2.04. The Morgan fingerprint density at radius 2 is 1.78 bits per heavy atom. The van der Waals surface area contributed by atoms with Crippen molar-refractivity contribution in [2.45, 2.75) is 45.1 Å². The third-order valence-corrected chi connectivity index (χ3v) is 5.78. The Balaban J connectivity index is 1.78. The molecule has 4 nitrogen and oxygen atoms in total. The number of nitro groups is 1. The average Bonchev–Trinajstić information content (AvgIpc) is 2.68. The van der Waals surface area contributed by atoms with E-state index in [1.165, 1.54) is 25.9 Å². The summed E-state index contributed by atoms with van der Waals surface area (Å²) in [4.78, 5) is 13.6. The predicted octanol–water partition coefficient (Wildman–Crippen LogP) is 2.41. The molecule has 5 atom stereocenters. The highest BCUT2D eigenvalue weighted by Gasteiger charge is 2.48. The summed E-state index contributed by atoms with van der Waals surface area (Å²) in [6, 6.07) is -0.249. The molecule has 4 rings (SSSR count). The molecule has 102 valence electrons. The molecule has 0 radical (unpaired) electrons. The normalized spacial score (nSPS) is 44.4. The van der Waals surface area contributed by atoms with Gasteiger partial charge in [-0.2, -0.15) is 0 Å². The first-order chi connectivity index (χ1) is 8.69. The topological polar surface area (TPSA) is 46.4 Å². The van der Waals surface area contributed by atoms with Gasteiger partial charge in [0.1, 0.15) is 0 Å². The molecule has 2 bridgehead atoms. The molecule has 0 aromatic rings. The maximum absolute atomic E-state index is 11.0. The number of hydrogen-bond acceptors (Lipinski definition) is 3. The van der Waals surface area contributed by atoms with E-state index in [0.717, 1.165) is 43.6 Å². The first-order valence-corrected chi connectivity index (χ1v) is 7.55. The zero-order chi connectivity index (χ0) is 12.7. The lowest BCUT2D eigenvalue weighted by Crippen LogP contribution is -2.42. The van der Waals surface area contributed by atoms with E-state index in [4.69, 9.17) is 0 Å². The summed E-state index contributed by atoms with van der Waals surface area (Å²) in [5.41, 5.74) is 0. The molecular formula is C14H24N2O2. The van der Waals surface area contributed by atoms with Crippen LogP contribution in [0.5, 0.6) is 0 Å². The van der Waals surface area contributed by atoms with Crippen molar-refractivity contribution in [3.8, 4) is 0 Å². The van der Waals surface area contributed by atoms with E-state index in [-0.39, 0.29) is 11.0 Å². The fourth-order valence-corrected chi connectivity index (χ4v) is 4.83. The zero-order valence-electron chi connectivity index (χ0n) is 11.3. The minimum atomic E-state index is -0.249. The fraction of sp³-hybridized carbons (Fsp3) is 1.00. The standard InChI is InChI=1S/C14H24N2O2/c1-2-15-8-10-3-4-11(9-15)14-7-12(16(17)18)5-6-13(10)14/h10-14H,2-9H2,1H3. The van der Waals surface area contributed by atoms with Crippen molar-refractivity contribution in [1.82, 2.24) is 4.90 Å². The van der Waals surface area contributed by atoms with Crippen LogP contribution in [0.1, 0.15) is 39.0 Å². The fourth-order valence-electron chi connectivity index (χ4n) is 4.83. The molecule has 0 amide bonds. The van der Waals surface area contributed by atoms with Gasteiger partial charge in [0.2, 0.25) is 6.04 Å². The van der Waals surface area contributed by atoms with E-state index in [9.17, 15) is 10.1 Å². The Morgan fingerprint density at radius 1 is 1.11 bits per heavy atom. The minimum Gasteiger partial charge on any atom is -0.303 e. The van der Waals surface area contributed by atoms with Crippen LogP contribution in [-0.2, 0) is 0 Å². The molecule has 5 unspecified atom stereocenters. The molecule has 18 heavy (non-hydrogen) atoms. The zero-order valence-corrected chi connectivity index (χ0v) is 11.3. The lowest BCUT2D eigenvalue weighted by atomic mass is 9.61. The van der Waals surface area contributed by atoms with Crippen LogP contribution >= 0.6 is 0 Å². The van der Waals surface area contributed by atoms with Gasteiger partial charge >= 0.3 is 0 Å². The second-order valence-electron chi connectivity index (χ2n) is 6.53. The monoisotopic (exact) mass is 252 g/mol. The Bertz CT molecular complexity index is 334. The molecule has 4 fully saturated rings. The first kappa shape index (κ1) is 12.4. The molecule has 4 heteroatoms. The average molecular weight is 252 g/mol. The van der Waals surface area contributed by atoms with Gasteiger partial charge in [0, 0.05) is 30.9 Å². The molecular weight excluding hydrogens is 228 g/mol. The van der Waals surface area contributed by atoms with Gasteiger partial charge in [0.05, 0.1) is 0 Å². The summed E-state index contributed by atoms with van der Waals surface area (Å²) >= 11 is 0. The van der Waals surface area contributed by atoms with Crippen molar-refractivity contribution >= 4 is 0 Å². The lowest BCUT2D eigenvalue weighted by Gasteiger charge is -2.43. The third-order valence-electron chi connectivity index (χ3n) is 5.78. The molecule has 4 aliphatic rings. The smallest absolute Gasteiger partial charge is 0.213 e. The van der Waals surface area contributed by atoms with Crippen molar-refractivity contribution in [1.29, 1.82) is 0 Å². The highest BCUT2D eigenvalue weighted by Crippen LogP contribution is 2.49. The molecule has 2 saturated heterocycles. The molecule has 0 N–H and O–H groups in total. The van der Waals surface area contributed by atoms with Crippen LogP contribution in [0.3, 0.4) is 0 Å². The van der Waals surface area contributed by atoms with Crippen LogP contribution in [0.25, 0.3) is 0 Å². The van der Waals surface area contributed by atoms with Crippen molar-refractivity contribution in [2.75, 3.05) is 19.6 Å².